The zero-order valence-corrected chi connectivity index (χ0v) is 8.55. The maximum Gasteiger partial charge on any atom is 0.281 e. The van der Waals surface area contributed by atoms with Crippen LogP contribution in [-0.2, 0) is 6.42 Å². The molecule has 0 amide bonds. The first-order valence-corrected chi connectivity index (χ1v) is 4.45. The van der Waals surface area contributed by atoms with Gasteiger partial charge in [-0.05, 0) is 15.9 Å². The van der Waals surface area contributed by atoms with Crippen LogP contribution >= 0.6 is 15.9 Å². The number of halogens is 3. The van der Waals surface area contributed by atoms with Gasteiger partial charge in [0.05, 0.1) is 28.8 Å². The van der Waals surface area contributed by atoms with E-state index in [1.165, 1.54) is 0 Å². The summed E-state index contributed by atoms with van der Waals surface area (Å²) in [4.78, 5) is 3.49. The summed E-state index contributed by atoms with van der Waals surface area (Å²) in [5, 5.41) is 8.46. The lowest BCUT2D eigenvalue weighted by Crippen LogP contribution is -2.01. The summed E-state index contributed by atoms with van der Waals surface area (Å²) in [6, 6.07) is 1.85. The zero-order valence-electron chi connectivity index (χ0n) is 6.97. The first-order chi connectivity index (χ1) is 6.57. The molecule has 0 saturated carbocycles. The van der Waals surface area contributed by atoms with Gasteiger partial charge in [-0.15, -0.1) is 0 Å². The average molecular weight is 262 g/mol. The second kappa shape index (κ2) is 4.33. The van der Waals surface area contributed by atoms with Crippen LogP contribution in [0.1, 0.15) is 17.7 Å². The number of aromatic nitrogens is 1. The van der Waals surface area contributed by atoms with E-state index in [1.54, 1.807) is 0 Å². The van der Waals surface area contributed by atoms with Gasteiger partial charge in [0.1, 0.15) is 5.69 Å². The molecule has 0 radical (unpaired) electrons. The predicted molar refractivity (Wildman–Crippen MR) is 50.6 cm³/mol. The van der Waals surface area contributed by atoms with E-state index in [1.807, 2.05) is 6.07 Å². The van der Waals surface area contributed by atoms with Gasteiger partial charge in [-0.2, -0.15) is 5.26 Å². The Morgan fingerprint density at radius 2 is 2.29 bits per heavy atom. The third kappa shape index (κ3) is 1.99. The van der Waals surface area contributed by atoms with Gasteiger partial charge in [0, 0.05) is 5.56 Å². The fourth-order valence-electron chi connectivity index (χ4n) is 0.966. The molecule has 1 aromatic heterocycles. The van der Waals surface area contributed by atoms with Crippen molar-refractivity contribution in [3.63, 3.8) is 0 Å². The zero-order chi connectivity index (χ0) is 10.7. The number of pyridine rings is 1. The van der Waals surface area contributed by atoms with Crippen LogP contribution in [0.15, 0.2) is 10.7 Å². The number of hydrogen-bond acceptors (Lipinski definition) is 3. The van der Waals surface area contributed by atoms with Crippen LogP contribution in [0, 0.1) is 11.3 Å². The maximum absolute atomic E-state index is 12.4. The van der Waals surface area contributed by atoms with E-state index >= 15 is 0 Å². The maximum atomic E-state index is 12.4. The minimum atomic E-state index is -2.68. The van der Waals surface area contributed by atoms with Crippen LogP contribution in [0.3, 0.4) is 0 Å². The fraction of sp³-hybridized carbons (Fsp3) is 0.250. The number of nitrogens with two attached hydrogens (primary N) is 1. The normalized spacial score (nSPS) is 10.2. The highest BCUT2D eigenvalue weighted by Gasteiger charge is 2.17. The number of nitriles is 1. The number of alkyl halides is 2. The molecule has 0 atom stereocenters. The molecule has 0 aliphatic rings. The highest BCUT2D eigenvalue weighted by molar-refractivity contribution is 9.10. The van der Waals surface area contributed by atoms with Crippen LogP contribution in [0.5, 0.6) is 0 Å². The third-order valence-electron chi connectivity index (χ3n) is 1.64. The van der Waals surface area contributed by atoms with Crippen LogP contribution in [0.25, 0.3) is 0 Å². The third-order valence-corrected chi connectivity index (χ3v) is 2.53. The molecule has 74 valence electrons. The molecule has 0 unspecified atom stereocenters. The van der Waals surface area contributed by atoms with Crippen molar-refractivity contribution in [2.75, 3.05) is 5.73 Å². The van der Waals surface area contributed by atoms with Gasteiger partial charge in [0.2, 0.25) is 0 Å². The lowest BCUT2D eigenvalue weighted by Gasteiger charge is -2.08. The summed E-state index contributed by atoms with van der Waals surface area (Å²) < 4.78 is 24.8. The number of rotatable bonds is 2. The highest BCUT2D eigenvalue weighted by atomic mass is 79.9. The van der Waals surface area contributed by atoms with Gasteiger partial charge in [-0.25, -0.2) is 8.78 Å². The van der Waals surface area contributed by atoms with Crippen molar-refractivity contribution in [2.24, 2.45) is 0 Å². The Kier molecular flexibility index (Phi) is 3.36. The van der Waals surface area contributed by atoms with Crippen LogP contribution in [0.4, 0.5) is 14.5 Å². The van der Waals surface area contributed by atoms with E-state index in [4.69, 9.17) is 11.0 Å². The quantitative estimate of drug-likeness (QED) is 0.890. The highest BCUT2D eigenvalue weighted by Crippen LogP contribution is 2.31. The van der Waals surface area contributed by atoms with Gasteiger partial charge in [-0.3, -0.25) is 4.98 Å². The van der Waals surface area contributed by atoms with Crippen molar-refractivity contribution in [3.8, 4) is 6.07 Å². The Hall–Kier alpha value is -1.22. The van der Waals surface area contributed by atoms with Crippen LogP contribution in [0.2, 0.25) is 0 Å². The molecule has 0 aromatic carbocycles. The molecule has 0 saturated heterocycles. The van der Waals surface area contributed by atoms with Gasteiger partial charge in [-0.1, -0.05) is 0 Å². The molecule has 0 aliphatic heterocycles. The molecule has 2 N–H and O–H groups in total. The molecular weight excluding hydrogens is 256 g/mol. The molecule has 0 aliphatic carbocycles. The van der Waals surface area contributed by atoms with Crippen molar-refractivity contribution in [3.05, 3.63) is 21.9 Å². The summed E-state index contributed by atoms with van der Waals surface area (Å²) in [7, 11) is 0. The molecule has 0 spiro atoms. The van der Waals surface area contributed by atoms with Gasteiger partial charge in [0.25, 0.3) is 6.43 Å². The number of nitrogens with zero attached hydrogens (tertiary/aromatic N) is 2. The van der Waals surface area contributed by atoms with Crippen LogP contribution < -0.4 is 5.73 Å². The molecule has 3 nitrogen and oxygen atoms in total. The summed E-state index contributed by atoms with van der Waals surface area (Å²) in [5.41, 5.74) is 5.70. The topological polar surface area (TPSA) is 62.7 Å². The fourth-order valence-corrected chi connectivity index (χ4v) is 1.61. The SMILES string of the molecule is N#CCc1c(N)cnc(C(F)F)c1Br. The smallest absolute Gasteiger partial charge is 0.281 e. The van der Waals surface area contributed by atoms with E-state index < -0.39 is 6.43 Å². The van der Waals surface area contributed by atoms with Crippen molar-refractivity contribution < 1.29 is 8.78 Å². The number of anilines is 1. The van der Waals surface area contributed by atoms with Gasteiger partial charge < -0.3 is 5.73 Å². The first-order valence-electron chi connectivity index (χ1n) is 3.65. The Morgan fingerprint density at radius 3 is 2.79 bits per heavy atom. The monoisotopic (exact) mass is 261 g/mol. The van der Waals surface area contributed by atoms with E-state index in [9.17, 15) is 8.78 Å². The standard InChI is InChI=1S/C8H6BrF2N3/c9-6-4(1-2-12)5(13)3-14-7(6)8(10)11/h3,8H,1,13H2. The van der Waals surface area contributed by atoms with Crippen molar-refractivity contribution in [1.29, 1.82) is 5.26 Å². The predicted octanol–water partition coefficient (Wildman–Crippen LogP) is 2.43. The minimum absolute atomic E-state index is 0.0192. The molecule has 0 fully saturated rings. The summed E-state index contributed by atoms with van der Waals surface area (Å²) in [6.45, 7) is 0. The summed E-state index contributed by atoms with van der Waals surface area (Å²) in [5.74, 6) is 0. The lowest BCUT2D eigenvalue weighted by molar-refractivity contribution is 0.145. The largest absolute Gasteiger partial charge is 0.397 e. The van der Waals surface area contributed by atoms with E-state index in [0.29, 0.717) is 5.56 Å². The Balaban J connectivity index is 3.27. The molecule has 1 aromatic rings. The number of nitrogen functional groups attached to an aromatic ring is 1. The molecular formula is C8H6BrF2N3. The van der Waals surface area contributed by atoms with Crippen molar-refractivity contribution >= 4 is 21.6 Å². The molecule has 1 rings (SSSR count). The van der Waals surface area contributed by atoms with Crippen molar-refractivity contribution in [2.45, 2.75) is 12.8 Å². The number of hydrogen-bond donors (Lipinski definition) is 1. The molecule has 1 heterocycles. The second-order valence-electron chi connectivity index (χ2n) is 2.53. The lowest BCUT2D eigenvalue weighted by atomic mass is 10.1. The van der Waals surface area contributed by atoms with Crippen LogP contribution in [-0.4, -0.2) is 4.98 Å². The first kappa shape index (κ1) is 10.9. The average Bonchev–Trinajstić information content (AvgIpc) is 2.11. The Labute approximate surface area is 87.7 Å². The van der Waals surface area contributed by atoms with Gasteiger partial charge >= 0.3 is 0 Å². The minimum Gasteiger partial charge on any atom is -0.397 e. The second-order valence-corrected chi connectivity index (χ2v) is 3.32. The Bertz CT molecular complexity index is 387. The summed E-state index contributed by atoms with van der Waals surface area (Å²) >= 11 is 2.96. The molecule has 6 heteroatoms. The Morgan fingerprint density at radius 1 is 1.64 bits per heavy atom. The van der Waals surface area contributed by atoms with E-state index in [0.717, 1.165) is 6.20 Å². The van der Waals surface area contributed by atoms with E-state index in [-0.39, 0.29) is 22.3 Å². The van der Waals surface area contributed by atoms with E-state index in [2.05, 4.69) is 20.9 Å². The van der Waals surface area contributed by atoms with Crippen molar-refractivity contribution in [1.82, 2.24) is 4.98 Å². The molecule has 0 bridgehead atoms. The van der Waals surface area contributed by atoms with Gasteiger partial charge in [0.15, 0.2) is 0 Å². The summed E-state index contributed by atoms with van der Waals surface area (Å²) in [6.07, 6.45) is -1.56. The molecule has 14 heavy (non-hydrogen) atoms.